The number of nitrogens with two attached hydrogens (primary N) is 1. The minimum absolute atomic E-state index is 0.140. The summed E-state index contributed by atoms with van der Waals surface area (Å²) in [6.45, 7) is 7.06. The number of aliphatic hydroxyl groups excluding tert-OH is 2. The van der Waals surface area contributed by atoms with Crippen molar-refractivity contribution < 1.29 is 29.3 Å². The highest BCUT2D eigenvalue weighted by Gasteiger charge is 2.56. The van der Waals surface area contributed by atoms with E-state index in [4.69, 9.17) is 15.2 Å². The molecule has 0 radical (unpaired) electrons. The van der Waals surface area contributed by atoms with Crippen molar-refractivity contribution in [3.05, 3.63) is 24.2 Å². The van der Waals surface area contributed by atoms with Crippen molar-refractivity contribution in [3.63, 3.8) is 0 Å². The second-order valence-corrected chi connectivity index (χ2v) is 9.45. The third-order valence-electron chi connectivity index (χ3n) is 5.91. The van der Waals surface area contributed by atoms with E-state index in [-0.39, 0.29) is 36.6 Å². The second-order valence-electron chi connectivity index (χ2n) is 9.45. The maximum atomic E-state index is 12.8. The minimum Gasteiger partial charge on any atom is -0.461 e. The molecular weight excluding hydrogens is 456 g/mol. The molecule has 0 saturated carbocycles. The van der Waals surface area contributed by atoms with Gasteiger partial charge in [0.05, 0.1) is 5.69 Å². The summed E-state index contributed by atoms with van der Waals surface area (Å²) >= 11 is 0. The van der Waals surface area contributed by atoms with Gasteiger partial charge in [0.15, 0.2) is 11.4 Å². The quantitative estimate of drug-likeness (QED) is 0.280. The second kappa shape index (κ2) is 10.7. The minimum atomic E-state index is -1.58. The Hall–Kier alpha value is -3.09. The Kier molecular flexibility index (Phi) is 8.08. The van der Waals surface area contributed by atoms with E-state index >= 15 is 0 Å². The van der Waals surface area contributed by atoms with E-state index in [2.05, 4.69) is 20.4 Å². The first kappa shape index (κ1) is 26.5. The molecule has 5 N–H and O–H groups in total. The normalized spacial score (nSPS) is 25.6. The molecule has 1 amide bonds. The van der Waals surface area contributed by atoms with E-state index in [1.165, 1.54) is 24.1 Å². The summed E-state index contributed by atoms with van der Waals surface area (Å²) in [5.41, 5.74) is 5.20. The molecule has 0 aromatic carbocycles. The number of rotatable bonds is 9. The smallest absolute Gasteiger partial charge is 0.328 e. The average Bonchev–Trinajstić information content (AvgIpc) is 3.32. The Labute approximate surface area is 203 Å². The van der Waals surface area contributed by atoms with Crippen molar-refractivity contribution in [3.8, 4) is 0 Å². The molecule has 35 heavy (non-hydrogen) atoms. The average molecular weight is 491 g/mol. The molecule has 2 aromatic heterocycles. The van der Waals surface area contributed by atoms with Crippen LogP contribution < -0.4 is 11.1 Å². The number of carbonyl (C=O) groups excluding carboxylic acids is 2. The highest BCUT2D eigenvalue weighted by atomic mass is 16.6. The molecule has 1 aliphatic heterocycles. The first-order chi connectivity index (χ1) is 16.5. The summed E-state index contributed by atoms with van der Waals surface area (Å²) < 4.78 is 13.0. The monoisotopic (exact) mass is 490 g/mol. The van der Waals surface area contributed by atoms with Crippen LogP contribution in [0.15, 0.2) is 23.5 Å². The Morgan fingerprint density at radius 1 is 1.34 bits per heavy atom. The maximum absolute atomic E-state index is 12.8. The number of aliphatic hydroxyl groups is 2. The Balaban J connectivity index is 1.80. The van der Waals surface area contributed by atoms with E-state index in [1.807, 2.05) is 13.8 Å². The van der Waals surface area contributed by atoms with Crippen LogP contribution >= 0.6 is 0 Å². The molecular formula is C23H34N6O6. The molecule has 1 fully saturated rings. The molecule has 0 unspecified atom stereocenters. The van der Waals surface area contributed by atoms with E-state index in [0.717, 1.165) is 0 Å². The van der Waals surface area contributed by atoms with Crippen LogP contribution in [-0.4, -0.2) is 80.9 Å². The number of ether oxygens (including phenoxy) is 2. The van der Waals surface area contributed by atoms with Crippen molar-refractivity contribution in [1.82, 2.24) is 19.9 Å². The Bertz CT molecular complexity index is 1090. The van der Waals surface area contributed by atoms with Crippen molar-refractivity contribution in [1.29, 1.82) is 0 Å². The molecule has 12 nitrogen and oxygen atoms in total. The predicted molar refractivity (Wildman–Crippen MR) is 128 cm³/mol. The molecule has 5 atom stereocenters. The van der Waals surface area contributed by atoms with Gasteiger partial charge in [-0.05, 0) is 24.0 Å². The fraction of sp³-hybridized carbons (Fsp3) is 0.609. The van der Waals surface area contributed by atoms with Gasteiger partial charge in [-0.1, -0.05) is 27.7 Å². The lowest BCUT2D eigenvalue weighted by atomic mass is 9.92. The van der Waals surface area contributed by atoms with Crippen LogP contribution in [0.1, 0.15) is 39.8 Å². The SMILES string of the molecule is CN=C[C@@]1(c2ccc3c(N)ncnn23)O[C@H](COC(=O)[C@@H](NC(=O)CC(C)C)C(C)C)[C@@H](O)[C@H]1O. The van der Waals surface area contributed by atoms with Gasteiger partial charge in [-0.2, -0.15) is 5.10 Å². The molecule has 0 aliphatic carbocycles. The van der Waals surface area contributed by atoms with Crippen molar-refractivity contribution in [2.75, 3.05) is 19.4 Å². The van der Waals surface area contributed by atoms with E-state index in [1.54, 1.807) is 26.0 Å². The molecule has 1 aliphatic rings. The molecule has 2 aromatic rings. The maximum Gasteiger partial charge on any atom is 0.328 e. The molecule has 192 valence electrons. The number of aliphatic imine (C=N–C) groups is 1. The van der Waals surface area contributed by atoms with E-state index < -0.39 is 35.9 Å². The lowest BCUT2D eigenvalue weighted by molar-refractivity contribution is -0.155. The topological polar surface area (TPSA) is 174 Å². The number of amides is 1. The van der Waals surface area contributed by atoms with Gasteiger partial charge in [0.2, 0.25) is 5.91 Å². The van der Waals surface area contributed by atoms with Crippen LogP contribution in [0.25, 0.3) is 5.52 Å². The van der Waals surface area contributed by atoms with Gasteiger partial charge in [-0.15, -0.1) is 0 Å². The molecule has 0 spiro atoms. The molecule has 0 bridgehead atoms. The largest absolute Gasteiger partial charge is 0.461 e. The molecule has 1 saturated heterocycles. The van der Waals surface area contributed by atoms with Gasteiger partial charge in [-0.3, -0.25) is 9.79 Å². The van der Waals surface area contributed by atoms with Gasteiger partial charge in [0.1, 0.15) is 42.8 Å². The highest BCUT2D eigenvalue weighted by Crippen LogP contribution is 2.39. The van der Waals surface area contributed by atoms with Gasteiger partial charge >= 0.3 is 5.97 Å². The van der Waals surface area contributed by atoms with Crippen LogP contribution in [0.5, 0.6) is 0 Å². The Morgan fingerprint density at radius 2 is 2.06 bits per heavy atom. The van der Waals surface area contributed by atoms with Crippen molar-refractivity contribution >= 4 is 29.4 Å². The zero-order valence-corrected chi connectivity index (χ0v) is 20.6. The standard InChI is InChI=1S/C23H34N6O6/c1-12(2)8-17(30)28-18(13(3)4)22(33)34-9-15-19(31)20(32)23(35-15,10-25-5)16-7-6-14-21(24)26-11-27-29(14)16/h6-7,10-13,15,18-20,31-32H,8-9H2,1-5H3,(H,28,30)(H2,24,26,27)/t15-,18+,19-,20-,23+/m1/s1. The molecule has 12 heteroatoms. The lowest BCUT2D eigenvalue weighted by Crippen LogP contribution is -2.46. The van der Waals surface area contributed by atoms with E-state index in [0.29, 0.717) is 11.2 Å². The summed E-state index contributed by atoms with van der Waals surface area (Å²) in [4.78, 5) is 33.0. The zero-order valence-electron chi connectivity index (χ0n) is 20.6. The van der Waals surface area contributed by atoms with Crippen molar-refractivity contribution in [2.24, 2.45) is 16.8 Å². The summed E-state index contributed by atoms with van der Waals surface area (Å²) in [6, 6.07) is 2.45. The van der Waals surface area contributed by atoms with E-state index in [9.17, 15) is 19.8 Å². The summed E-state index contributed by atoms with van der Waals surface area (Å²) in [7, 11) is 1.50. The van der Waals surface area contributed by atoms with Crippen LogP contribution in [-0.2, 0) is 24.7 Å². The number of carbonyl (C=O) groups is 2. The number of nitrogen functional groups attached to an aromatic ring is 1. The van der Waals surface area contributed by atoms with Gasteiger partial charge in [0.25, 0.3) is 0 Å². The number of fused-ring (bicyclic) bond motifs is 1. The fourth-order valence-corrected chi connectivity index (χ4v) is 4.16. The number of hydrogen-bond acceptors (Lipinski definition) is 10. The van der Waals surface area contributed by atoms with Gasteiger partial charge in [-0.25, -0.2) is 14.3 Å². The van der Waals surface area contributed by atoms with Crippen molar-refractivity contribution in [2.45, 2.75) is 64.1 Å². The summed E-state index contributed by atoms with van der Waals surface area (Å²) in [6.07, 6.45) is -1.01. The van der Waals surface area contributed by atoms with Crippen LogP contribution in [0.3, 0.4) is 0 Å². The number of nitrogens with one attached hydrogen (secondary N) is 1. The highest BCUT2D eigenvalue weighted by molar-refractivity contribution is 5.84. The Morgan fingerprint density at radius 3 is 2.69 bits per heavy atom. The van der Waals surface area contributed by atoms with Crippen LogP contribution in [0.4, 0.5) is 5.82 Å². The zero-order chi connectivity index (χ0) is 25.9. The summed E-state index contributed by atoms with van der Waals surface area (Å²) in [5.74, 6) is -0.753. The first-order valence-corrected chi connectivity index (χ1v) is 11.5. The predicted octanol–water partition coefficient (Wildman–Crippen LogP) is 0.0581. The first-order valence-electron chi connectivity index (χ1n) is 11.5. The van der Waals surface area contributed by atoms with Crippen LogP contribution in [0, 0.1) is 11.8 Å². The summed E-state index contributed by atoms with van der Waals surface area (Å²) in [5, 5.41) is 28.7. The number of aromatic nitrogens is 3. The molecule has 3 rings (SSSR count). The van der Waals surface area contributed by atoms with Gasteiger partial charge < -0.3 is 30.7 Å². The third-order valence-corrected chi connectivity index (χ3v) is 5.91. The third kappa shape index (κ3) is 5.29. The number of nitrogens with zero attached hydrogens (tertiary/aromatic N) is 4. The fourth-order valence-electron chi connectivity index (χ4n) is 4.16. The number of anilines is 1. The van der Waals surface area contributed by atoms with Crippen LogP contribution in [0.2, 0.25) is 0 Å². The van der Waals surface area contributed by atoms with Gasteiger partial charge in [0, 0.05) is 19.7 Å². The number of esters is 1. The lowest BCUT2D eigenvalue weighted by Gasteiger charge is -2.28. The molecule has 3 heterocycles. The number of hydrogen-bond donors (Lipinski definition) is 4.